The molecule has 0 bridgehead atoms. The maximum Gasteiger partial charge on any atom is 0.141 e. The highest BCUT2D eigenvalue weighted by atomic mass is 19.1. The van der Waals surface area contributed by atoms with Gasteiger partial charge in [-0.3, -0.25) is 4.98 Å². The van der Waals surface area contributed by atoms with Crippen molar-refractivity contribution >= 4 is 5.82 Å². The van der Waals surface area contributed by atoms with E-state index in [1.807, 2.05) is 0 Å². The second kappa shape index (κ2) is 4.57. The highest BCUT2D eigenvalue weighted by molar-refractivity contribution is 5.24. The van der Waals surface area contributed by atoms with Crippen molar-refractivity contribution in [2.75, 3.05) is 5.73 Å². The molecule has 0 amide bonds. The number of nitrogens with two attached hydrogens (primary N) is 1. The van der Waals surface area contributed by atoms with E-state index in [9.17, 15) is 4.39 Å². The third-order valence-corrected chi connectivity index (χ3v) is 1.91. The van der Waals surface area contributed by atoms with Gasteiger partial charge in [0.1, 0.15) is 24.0 Å². The molecule has 5 heteroatoms. The Hall–Kier alpha value is -2.17. The van der Waals surface area contributed by atoms with Gasteiger partial charge in [-0.1, -0.05) is 6.07 Å². The van der Waals surface area contributed by atoms with Crippen LogP contribution >= 0.6 is 0 Å². The lowest BCUT2D eigenvalue weighted by atomic mass is 10.3. The minimum Gasteiger partial charge on any atom is -0.487 e. The average Bonchev–Trinajstić information content (AvgIpc) is 2.28. The van der Waals surface area contributed by atoms with Crippen LogP contribution in [0.25, 0.3) is 0 Å². The number of nitrogens with zero attached hydrogens (tertiary/aromatic N) is 2. The Kier molecular flexibility index (Phi) is 2.95. The number of aromatic nitrogens is 2. The summed E-state index contributed by atoms with van der Waals surface area (Å²) in [6.45, 7) is 0.233. The summed E-state index contributed by atoms with van der Waals surface area (Å²) in [7, 11) is 0. The standard InChI is InChI=1S/C11H10FN3O/c12-8-2-1-3-10(4-8)16-7-9-5-15-11(13)6-14-9/h1-6H,7H2,(H2,13,15). The Bertz CT molecular complexity index is 473. The topological polar surface area (TPSA) is 61.0 Å². The van der Waals surface area contributed by atoms with Gasteiger partial charge in [-0.25, -0.2) is 9.37 Å². The number of hydrogen-bond acceptors (Lipinski definition) is 4. The third kappa shape index (κ3) is 2.66. The zero-order valence-corrected chi connectivity index (χ0v) is 8.43. The van der Waals surface area contributed by atoms with Crippen LogP contribution in [0.15, 0.2) is 36.7 Å². The molecule has 1 aromatic carbocycles. The number of hydrogen-bond donors (Lipinski definition) is 1. The maximum atomic E-state index is 12.8. The van der Waals surface area contributed by atoms with Crippen molar-refractivity contribution in [3.05, 3.63) is 48.2 Å². The Labute approximate surface area is 91.9 Å². The number of ether oxygens (including phenoxy) is 1. The molecule has 1 heterocycles. The molecule has 0 atom stereocenters. The fourth-order valence-electron chi connectivity index (χ4n) is 1.15. The Morgan fingerprint density at radius 2 is 2.12 bits per heavy atom. The molecular formula is C11H10FN3O. The molecule has 16 heavy (non-hydrogen) atoms. The van der Waals surface area contributed by atoms with Crippen LogP contribution in [0.3, 0.4) is 0 Å². The highest BCUT2D eigenvalue weighted by Gasteiger charge is 1.99. The Morgan fingerprint density at radius 3 is 2.81 bits per heavy atom. The zero-order valence-electron chi connectivity index (χ0n) is 8.43. The molecule has 4 nitrogen and oxygen atoms in total. The van der Waals surface area contributed by atoms with Crippen LogP contribution in [-0.2, 0) is 6.61 Å². The molecule has 0 radical (unpaired) electrons. The fraction of sp³-hybridized carbons (Fsp3) is 0.0909. The highest BCUT2D eigenvalue weighted by Crippen LogP contribution is 2.13. The number of anilines is 1. The Morgan fingerprint density at radius 1 is 1.25 bits per heavy atom. The van der Waals surface area contributed by atoms with E-state index < -0.39 is 0 Å². The first-order chi connectivity index (χ1) is 7.74. The molecule has 0 spiro atoms. The van der Waals surface area contributed by atoms with Gasteiger partial charge in [-0.2, -0.15) is 0 Å². The summed E-state index contributed by atoms with van der Waals surface area (Å²) in [6, 6.07) is 5.92. The third-order valence-electron chi connectivity index (χ3n) is 1.91. The van der Waals surface area contributed by atoms with Crippen LogP contribution in [-0.4, -0.2) is 9.97 Å². The van der Waals surface area contributed by atoms with Crippen LogP contribution in [0.4, 0.5) is 10.2 Å². The summed E-state index contributed by atoms with van der Waals surface area (Å²) in [5.41, 5.74) is 6.03. The van der Waals surface area contributed by atoms with E-state index in [2.05, 4.69) is 9.97 Å². The van der Waals surface area contributed by atoms with Crippen LogP contribution in [0.5, 0.6) is 5.75 Å². The molecule has 2 N–H and O–H groups in total. The lowest BCUT2D eigenvalue weighted by Gasteiger charge is -2.05. The molecule has 0 unspecified atom stereocenters. The summed E-state index contributed by atoms with van der Waals surface area (Å²) < 4.78 is 18.2. The normalized spacial score (nSPS) is 10.1. The number of benzene rings is 1. The van der Waals surface area contributed by atoms with Gasteiger partial charge in [0.25, 0.3) is 0 Å². The molecule has 0 saturated heterocycles. The van der Waals surface area contributed by atoms with Crippen molar-refractivity contribution in [2.45, 2.75) is 6.61 Å². The average molecular weight is 219 g/mol. The van der Waals surface area contributed by atoms with Gasteiger partial charge in [0, 0.05) is 6.07 Å². The van der Waals surface area contributed by atoms with Crippen LogP contribution in [0.1, 0.15) is 5.69 Å². The van der Waals surface area contributed by atoms with Crippen molar-refractivity contribution < 1.29 is 9.13 Å². The molecule has 2 rings (SSSR count). The van der Waals surface area contributed by atoms with Crippen molar-refractivity contribution in [1.82, 2.24) is 9.97 Å². The van der Waals surface area contributed by atoms with Gasteiger partial charge in [0.05, 0.1) is 18.1 Å². The van der Waals surface area contributed by atoms with E-state index in [1.165, 1.54) is 24.5 Å². The smallest absolute Gasteiger partial charge is 0.141 e. The van der Waals surface area contributed by atoms with E-state index in [0.717, 1.165) is 0 Å². The minimum atomic E-state index is -0.333. The SMILES string of the molecule is Nc1cnc(COc2cccc(F)c2)cn1. The van der Waals surface area contributed by atoms with Gasteiger partial charge in [0.15, 0.2) is 0 Å². The van der Waals surface area contributed by atoms with Crippen LogP contribution in [0.2, 0.25) is 0 Å². The first-order valence-electron chi connectivity index (χ1n) is 4.69. The first-order valence-corrected chi connectivity index (χ1v) is 4.69. The Balaban J connectivity index is 1.99. The van der Waals surface area contributed by atoms with Crippen LogP contribution < -0.4 is 10.5 Å². The lowest BCUT2D eigenvalue weighted by Crippen LogP contribution is -2.00. The van der Waals surface area contributed by atoms with Gasteiger partial charge >= 0.3 is 0 Å². The molecule has 0 aliphatic carbocycles. The molecule has 0 aliphatic heterocycles. The van der Waals surface area contributed by atoms with Crippen molar-refractivity contribution in [3.63, 3.8) is 0 Å². The van der Waals surface area contributed by atoms with E-state index in [-0.39, 0.29) is 12.4 Å². The van der Waals surface area contributed by atoms with E-state index in [4.69, 9.17) is 10.5 Å². The summed E-state index contributed by atoms with van der Waals surface area (Å²) in [5.74, 6) is 0.481. The number of halogens is 1. The van der Waals surface area contributed by atoms with Gasteiger partial charge < -0.3 is 10.5 Å². The number of rotatable bonds is 3. The van der Waals surface area contributed by atoms with Crippen molar-refractivity contribution in [1.29, 1.82) is 0 Å². The van der Waals surface area contributed by atoms with Gasteiger partial charge in [-0.15, -0.1) is 0 Å². The predicted octanol–water partition coefficient (Wildman–Crippen LogP) is 1.78. The summed E-state index contributed by atoms with van der Waals surface area (Å²) in [5, 5.41) is 0. The molecule has 0 saturated carbocycles. The summed E-state index contributed by atoms with van der Waals surface area (Å²) in [6.07, 6.45) is 2.97. The van der Waals surface area contributed by atoms with Crippen LogP contribution in [0, 0.1) is 5.82 Å². The molecule has 0 aliphatic rings. The molecular weight excluding hydrogens is 209 g/mol. The van der Waals surface area contributed by atoms with Crippen molar-refractivity contribution in [3.8, 4) is 5.75 Å². The minimum absolute atomic E-state index is 0.233. The summed E-state index contributed by atoms with van der Waals surface area (Å²) in [4.78, 5) is 7.88. The summed E-state index contributed by atoms with van der Waals surface area (Å²) >= 11 is 0. The largest absolute Gasteiger partial charge is 0.487 e. The van der Waals surface area contributed by atoms with E-state index >= 15 is 0 Å². The monoisotopic (exact) mass is 219 g/mol. The molecule has 82 valence electrons. The van der Waals surface area contributed by atoms with Crippen molar-refractivity contribution in [2.24, 2.45) is 0 Å². The second-order valence-corrected chi connectivity index (χ2v) is 3.18. The van der Waals surface area contributed by atoms with E-state index in [0.29, 0.717) is 17.3 Å². The molecule has 2 aromatic rings. The first kappa shape index (κ1) is 10.4. The maximum absolute atomic E-state index is 12.8. The molecule has 1 aromatic heterocycles. The zero-order chi connectivity index (χ0) is 11.4. The van der Waals surface area contributed by atoms with Gasteiger partial charge in [0.2, 0.25) is 0 Å². The second-order valence-electron chi connectivity index (χ2n) is 3.18. The predicted molar refractivity (Wildman–Crippen MR) is 57.2 cm³/mol. The molecule has 0 fully saturated rings. The lowest BCUT2D eigenvalue weighted by molar-refractivity contribution is 0.299. The van der Waals surface area contributed by atoms with E-state index in [1.54, 1.807) is 12.1 Å². The fourth-order valence-corrected chi connectivity index (χ4v) is 1.15. The quantitative estimate of drug-likeness (QED) is 0.854. The van der Waals surface area contributed by atoms with Gasteiger partial charge in [-0.05, 0) is 12.1 Å². The number of nitrogen functional groups attached to an aromatic ring is 1.